The van der Waals surface area contributed by atoms with E-state index in [2.05, 4.69) is 4.52 Å². The van der Waals surface area contributed by atoms with Gasteiger partial charge in [-0.05, 0) is 0 Å². The van der Waals surface area contributed by atoms with E-state index in [9.17, 15) is 28.5 Å². The van der Waals surface area contributed by atoms with Crippen molar-refractivity contribution < 1.29 is 58.2 Å². The van der Waals surface area contributed by atoms with Gasteiger partial charge in [-0.3, -0.25) is 33.6 Å². The highest BCUT2D eigenvalue weighted by atomic mass is 31.2. The zero-order valence-corrected chi connectivity index (χ0v) is 17.4. The molecule has 0 radical (unpaired) electrons. The molecule has 16 heteroatoms. The second-order valence-electron chi connectivity index (χ2n) is 6.35. The van der Waals surface area contributed by atoms with E-state index >= 15 is 0 Å². The molecular weight excluding hydrogens is 445 g/mol. The molecule has 0 spiro atoms. The SMILES string of the molecule is O=CCN(CC=O)CCN(CC(=O)O)CC(COP(=O)(O)O)N(CC(=O)O)CC(=O)O. The number of hydrogen-bond donors (Lipinski definition) is 5. The normalized spacial score (nSPS) is 12.8. The first kappa shape index (κ1) is 28.7. The van der Waals surface area contributed by atoms with Crippen molar-refractivity contribution in [3.8, 4) is 0 Å². The number of carbonyl (C=O) groups excluding carboxylic acids is 2. The summed E-state index contributed by atoms with van der Waals surface area (Å²) in [6.07, 6.45) is 1.09. The Morgan fingerprint density at radius 3 is 1.68 bits per heavy atom. The van der Waals surface area contributed by atoms with Crippen LogP contribution in [0.15, 0.2) is 0 Å². The van der Waals surface area contributed by atoms with Crippen molar-refractivity contribution >= 4 is 38.3 Å². The van der Waals surface area contributed by atoms with Gasteiger partial charge in [-0.1, -0.05) is 0 Å². The van der Waals surface area contributed by atoms with E-state index < -0.39 is 58.0 Å². The van der Waals surface area contributed by atoms with Crippen molar-refractivity contribution in [1.82, 2.24) is 14.7 Å². The molecule has 0 saturated carbocycles. The Balaban J connectivity index is 5.59. The molecule has 0 rings (SSSR count). The second kappa shape index (κ2) is 14.7. The van der Waals surface area contributed by atoms with Crippen LogP contribution in [0.4, 0.5) is 0 Å². The average Bonchev–Trinajstić information content (AvgIpc) is 2.60. The maximum atomic E-state index is 11.2. The molecule has 0 aliphatic carbocycles. The Hall–Kier alpha value is -2.26. The second-order valence-corrected chi connectivity index (χ2v) is 7.59. The molecule has 178 valence electrons. The summed E-state index contributed by atoms with van der Waals surface area (Å²) < 4.78 is 15.5. The van der Waals surface area contributed by atoms with Gasteiger partial charge in [0.05, 0.1) is 39.3 Å². The van der Waals surface area contributed by atoms with E-state index in [-0.39, 0.29) is 32.7 Å². The van der Waals surface area contributed by atoms with Crippen LogP contribution in [-0.2, 0) is 33.1 Å². The van der Waals surface area contributed by atoms with Gasteiger partial charge >= 0.3 is 25.7 Å². The summed E-state index contributed by atoms with van der Waals surface area (Å²) >= 11 is 0. The quantitative estimate of drug-likeness (QED) is 0.0936. The van der Waals surface area contributed by atoms with Crippen LogP contribution in [-0.4, -0.2) is 135 Å². The van der Waals surface area contributed by atoms with Gasteiger partial charge in [-0.25, -0.2) is 4.57 Å². The lowest BCUT2D eigenvalue weighted by atomic mass is 10.2. The average molecular weight is 471 g/mol. The molecule has 31 heavy (non-hydrogen) atoms. The molecule has 1 unspecified atom stereocenters. The summed E-state index contributed by atoms with van der Waals surface area (Å²) in [7, 11) is -4.99. The van der Waals surface area contributed by atoms with Crippen LogP contribution in [0.1, 0.15) is 0 Å². The minimum Gasteiger partial charge on any atom is -0.480 e. The summed E-state index contributed by atoms with van der Waals surface area (Å²) in [5.74, 6) is -4.12. The van der Waals surface area contributed by atoms with Crippen LogP contribution in [0.2, 0.25) is 0 Å². The maximum absolute atomic E-state index is 11.2. The molecule has 0 fully saturated rings. The molecule has 0 aromatic carbocycles. The fraction of sp³-hybridized carbons (Fsp3) is 0.667. The van der Waals surface area contributed by atoms with Gasteiger partial charge in [0.25, 0.3) is 0 Å². The van der Waals surface area contributed by atoms with Gasteiger partial charge in [-0.2, -0.15) is 0 Å². The highest BCUT2D eigenvalue weighted by Gasteiger charge is 2.29. The topological polar surface area (TPSA) is 223 Å². The van der Waals surface area contributed by atoms with Gasteiger partial charge in [0, 0.05) is 25.7 Å². The van der Waals surface area contributed by atoms with Gasteiger partial charge in [-0.15, -0.1) is 0 Å². The third kappa shape index (κ3) is 15.2. The molecule has 5 N–H and O–H groups in total. The minimum absolute atomic E-state index is 0.0334. The number of rotatable bonds is 19. The van der Waals surface area contributed by atoms with E-state index in [1.54, 1.807) is 0 Å². The summed E-state index contributed by atoms with van der Waals surface area (Å²) in [6.45, 7) is -3.51. The minimum atomic E-state index is -4.99. The highest BCUT2D eigenvalue weighted by Crippen LogP contribution is 2.36. The number of carboxylic acids is 3. The molecule has 0 aliphatic heterocycles. The third-order valence-corrected chi connectivity index (χ3v) is 4.34. The van der Waals surface area contributed by atoms with E-state index in [0.29, 0.717) is 12.6 Å². The lowest BCUT2D eigenvalue weighted by Crippen LogP contribution is -2.52. The number of hydrogen-bond acceptors (Lipinski definition) is 10. The lowest BCUT2D eigenvalue weighted by Gasteiger charge is -2.33. The summed E-state index contributed by atoms with van der Waals surface area (Å²) in [4.78, 5) is 76.2. The molecule has 0 bridgehead atoms. The van der Waals surface area contributed by atoms with Crippen molar-refractivity contribution in [1.29, 1.82) is 0 Å². The zero-order chi connectivity index (χ0) is 24.0. The molecule has 0 saturated heterocycles. The van der Waals surface area contributed by atoms with Crippen molar-refractivity contribution in [2.24, 2.45) is 0 Å². The maximum Gasteiger partial charge on any atom is 0.469 e. The molecule has 0 aliphatic rings. The standard InChI is InChI=1S/C15H26N3O12P/c19-5-3-16(4-6-20)1-2-17(8-13(21)22)7-12(11-30-31(27,28)29)18(9-14(23)24)10-15(25)26/h5-6,12H,1-4,7-11H2,(H,21,22)(H,23,24)(H,25,26)(H2,27,28,29). The predicted molar refractivity (Wildman–Crippen MR) is 101 cm³/mol. The van der Waals surface area contributed by atoms with Crippen LogP contribution in [0.5, 0.6) is 0 Å². The van der Waals surface area contributed by atoms with Crippen LogP contribution >= 0.6 is 7.82 Å². The van der Waals surface area contributed by atoms with E-state index in [1.165, 1.54) is 9.80 Å². The van der Waals surface area contributed by atoms with Gasteiger partial charge < -0.3 is 34.7 Å². The molecule has 15 nitrogen and oxygen atoms in total. The monoisotopic (exact) mass is 471 g/mol. The summed E-state index contributed by atoms with van der Waals surface area (Å²) in [5, 5.41) is 27.2. The molecule has 0 heterocycles. The van der Waals surface area contributed by atoms with Crippen molar-refractivity contribution in [3.63, 3.8) is 0 Å². The Bertz CT molecular complexity index is 644. The number of carboxylic acid groups (broad SMARTS) is 3. The van der Waals surface area contributed by atoms with Crippen molar-refractivity contribution in [2.45, 2.75) is 6.04 Å². The molecule has 0 aromatic heterocycles. The summed E-state index contributed by atoms with van der Waals surface area (Å²) in [5.41, 5.74) is 0. The van der Waals surface area contributed by atoms with Crippen LogP contribution < -0.4 is 0 Å². The Morgan fingerprint density at radius 1 is 0.839 bits per heavy atom. The Kier molecular flexibility index (Phi) is 13.6. The third-order valence-electron chi connectivity index (χ3n) is 3.85. The number of phosphoric acid groups is 1. The lowest BCUT2D eigenvalue weighted by molar-refractivity contribution is -0.144. The fourth-order valence-corrected chi connectivity index (χ4v) is 2.96. The number of aldehydes is 2. The Morgan fingerprint density at radius 2 is 1.29 bits per heavy atom. The van der Waals surface area contributed by atoms with E-state index in [4.69, 9.17) is 25.1 Å². The van der Waals surface area contributed by atoms with Crippen LogP contribution in [0.25, 0.3) is 0 Å². The zero-order valence-electron chi connectivity index (χ0n) is 16.5. The van der Waals surface area contributed by atoms with E-state index in [0.717, 1.165) is 4.90 Å². The molecule has 1 atom stereocenters. The number of carbonyl (C=O) groups is 5. The first-order valence-corrected chi connectivity index (χ1v) is 10.3. The van der Waals surface area contributed by atoms with Gasteiger partial charge in [0.1, 0.15) is 12.6 Å². The van der Waals surface area contributed by atoms with Crippen molar-refractivity contribution in [2.75, 3.05) is 59.0 Å². The largest absolute Gasteiger partial charge is 0.480 e. The van der Waals surface area contributed by atoms with Crippen molar-refractivity contribution in [3.05, 3.63) is 0 Å². The molecule has 0 amide bonds. The number of nitrogens with zero attached hydrogens (tertiary/aromatic N) is 3. The van der Waals surface area contributed by atoms with Crippen LogP contribution in [0, 0.1) is 0 Å². The van der Waals surface area contributed by atoms with Crippen LogP contribution in [0.3, 0.4) is 0 Å². The summed E-state index contributed by atoms with van der Waals surface area (Å²) in [6, 6.07) is -1.22. The van der Waals surface area contributed by atoms with Gasteiger partial charge in [0.2, 0.25) is 0 Å². The highest BCUT2D eigenvalue weighted by molar-refractivity contribution is 7.46. The molecule has 0 aromatic rings. The number of aliphatic carboxylic acids is 3. The Labute approximate surface area is 177 Å². The van der Waals surface area contributed by atoms with Gasteiger partial charge in [0.15, 0.2) is 0 Å². The first-order chi connectivity index (χ1) is 14.4. The predicted octanol–water partition coefficient (Wildman–Crippen LogP) is -2.98. The molecular formula is C15H26N3O12P. The smallest absolute Gasteiger partial charge is 0.469 e. The number of phosphoric ester groups is 1. The first-order valence-electron chi connectivity index (χ1n) is 8.79. The van der Waals surface area contributed by atoms with E-state index in [1.807, 2.05) is 0 Å². The fourth-order valence-electron chi connectivity index (χ4n) is 2.59.